The predicted octanol–water partition coefficient (Wildman–Crippen LogP) is 0.168. The lowest BCUT2D eigenvalue weighted by molar-refractivity contribution is 0.930. The minimum Gasteiger partial charge on any atom is -0.315 e. The number of nitrogens with zero attached hydrogens (tertiary/aromatic N) is 2. The summed E-state index contributed by atoms with van der Waals surface area (Å²) in [5.74, 6) is 0. The summed E-state index contributed by atoms with van der Waals surface area (Å²) < 4.78 is 0. The fourth-order valence-electron chi connectivity index (χ4n) is 0.611. The molecule has 52 valence electrons. The van der Waals surface area contributed by atoms with Gasteiger partial charge in [-0.05, 0) is 0 Å². The highest BCUT2D eigenvalue weighted by atomic mass is 32.1. The van der Waals surface area contributed by atoms with Crippen molar-refractivity contribution in [1.29, 1.82) is 5.26 Å². The van der Waals surface area contributed by atoms with Gasteiger partial charge >= 0.3 is 0 Å². The first-order valence-corrected chi connectivity index (χ1v) is 3.14. The molecular formula is C5H6N4S. The third-order valence-electron chi connectivity index (χ3n) is 1.09. The lowest BCUT2D eigenvalue weighted by Crippen LogP contribution is -2.04. The minimum absolute atomic E-state index is 0.447. The van der Waals surface area contributed by atoms with E-state index in [0.717, 1.165) is 0 Å². The minimum atomic E-state index is -0.461. The van der Waals surface area contributed by atoms with Gasteiger partial charge in [0, 0.05) is 0 Å². The lowest BCUT2D eigenvalue weighted by atomic mass is 10.3. The van der Waals surface area contributed by atoms with Crippen molar-refractivity contribution in [1.82, 2.24) is 10.2 Å². The standard InChI is InChI=1S/C5H6N4S/c6-1-3-2-8-9-4(3)5(7)10/h2,5,10H,7H2,(H,8,9). The van der Waals surface area contributed by atoms with Crippen molar-refractivity contribution in [3.05, 3.63) is 17.5 Å². The Kier molecular flexibility index (Phi) is 1.94. The second kappa shape index (κ2) is 2.73. The van der Waals surface area contributed by atoms with E-state index < -0.39 is 5.37 Å². The van der Waals surface area contributed by atoms with Crippen LogP contribution >= 0.6 is 12.6 Å². The lowest BCUT2D eigenvalue weighted by Gasteiger charge is -1.98. The summed E-state index contributed by atoms with van der Waals surface area (Å²) in [5.41, 5.74) is 6.38. The number of nitrogens with two attached hydrogens (primary N) is 1. The van der Waals surface area contributed by atoms with Crippen LogP contribution in [-0.2, 0) is 0 Å². The highest BCUT2D eigenvalue weighted by Gasteiger charge is 2.07. The molecule has 1 rings (SSSR count). The molecule has 1 heterocycles. The Morgan fingerprint density at radius 2 is 2.60 bits per heavy atom. The maximum absolute atomic E-state index is 8.46. The molecular weight excluding hydrogens is 148 g/mol. The summed E-state index contributed by atoms with van der Waals surface area (Å²) in [6.07, 6.45) is 1.42. The van der Waals surface area contributed by atoms with Crippen molar-refractivity contribution in [2.75, 3.05) is 0 Å². The number of nitriles is 1. The Morgan fingerprint density at radius 1 is 1.90 bits per heavy atom. The first kappa shape index (κ1) is 7.12. The molecule has 0 aliphatic rings. The van der Waals surface area contributed by atoms with Gasteiger partial charge in [-0.15, -0.1) is 0 Å². The molecule has 0 saturated carbocycles. The van der Waals surface area contributed by atoms with Crippen molar-refractivity contribution in [2.24, 2.45) is 5.73 Å². The number of aromatic nitrogens is 2. The smallest absolute Gasteiger partial charge is 0.103 e. The average molecular weight is 154 g/mol. The normalized spacial score (nSPS) is 12.5. The fourth-order valence-corrected chi connectivity index (χ4v) is 0.808. The summed E-state index contributed by atoms with van der Waals surface area (Å²) in [5, 5.41) is 14.2. The predicted molar refractivity (Wildman–Crippen MR) is 39.2 cm³/mol. The van der Waals surface area contributed by atoms with Crippen molar-refractivity contribution in [3.63, 3.8) is 0 Å². The molecule has 0 fully saturated rings. The summed E-state index contributed by atoms with van der Waals surface area (Å²) >= 11 is 3.93. The van der Waals surface area contributed by atoms with Gasteiger partial charge in [-0.2, -0.15) is 23.0 Å². The molecule has 1 unspecified atom stereocenters. The molecule has 0 bridgehead atoms. The van der Waals surface area contributed by atoms with Crippen LogP contribution in [0.5, 0.6) is 0 Å². The molecule has 0 aromatic carbocycles. The second-order valence-corrected chi connectivity index (χ2v) is 2.31. The van der Waals surface area contributed by atoms with E-state index >= 15 is 0 Å². The first-order valence-electron chi connectivity index (χ1n) is 2.62. The number of aromatic amines is 1. The van der Waals surface area contributed by atoms with E-state index in [4.69, 9.17) is 11.0 Å². The zero-order chi connectivity index (χ0) is 7.56. The molecule has 0 saturated heterocycles. The van der Waals surface area contributed by atoms with Crippen molar-refractivity contribution in [3.8, 4) is 6.07 Å². The Bertz CT molecular complexity index is 259. The fraction of sp³-hybridized carbons (Fsp3) is 0.200. The van der Waals surface area contributed by atoms with Gasteiger partial charge in [0.25, 0.3) is 0 Å². The van der Waals surface area contributed by atoms with E-state index in [1.807, 2.05) is 6.07 Å². The van der Waals surface area contributed by atoms with E-state index in [-0.39, 0.29) is 0 Å². The number of rotatable bonds is 1. The summed E-state index contributed by atoms with van der Waals surface area (Å²) in [7, 11) is 0. The van der Waals surface area contributed by atoms with Crippen molar-refractivity contribution in [2.45, 2.75) is 5.37 Å². The zero-order valence-electron chi connectivity index (χ0n) is 5.07. The highest BCUT2D eigenvalue weighted by Crippen LogP contribution is 2.13. The van der Waals surface area contributed by atoms with Crippen LogP contribution in [0.3, 0.4) is 0 Å². The largest absolute Gasteiger partial charge is 0.315 e. The van der Waals surface area contributed by atoms with Gasteiger partial charge in [-0.1, -0.05) is 0 Å². The van der Waals surface area contributed by atoms with Gasteiger partial charge in [-0.25, -0.2) is 0 Å². The summed E-state index contributed by atoms with van der Waals surface area (Å²) in [6, 6.07) is 1.93. The molecule has 1 atom stereocenters. The molecule has 1 aromatic rings. The third kappa shape index (κ3) is 1.12. The molecule has 0 spiro atoms. The molecule has 0 aliphatic carbocycles. The van der Waals surface area contributed by atoms with Gasteiger partial charge in [0.05, 0.1) is 22.8 Å². The molecule has 1 aromatic heterocycles. The van der Waals surface area contributed by atoms with Crippen molar-refractivity contribution >= 4 is 12.6 Å². The maximum atomic E-state index is 8.46. The number of hydrogen-bond donors (Lipinski definition) is 3. The Morgan fingerprint density at radius 3 is 3.00 bits per heavy atom. The molecule has 10 heavy (non-hydrogen) atoms. The van der Waals surface area contributed by atoms with Crippen LogP contribution in [0.4, 0.5) is 0 Å². The second-order valence-electron chi connectivity index (χ2n) is 1.75. The van der Waals surface area contributed by atoms with Gasteiger partial charge in [-0.3, -0.25) is 5.10 Å². The van der Waals surface area contributed by atoms with Crippen LogP contribution in [0, 0.1) is 11.3 Å². The molecule has 0 radical (unpaired) electrons. The molecule has 3 N–H and O–H groups in total. The van der Waals surface area contributed by atoms with Crippen LogP contribution in [0.2, 0.25) is 0 Å². The van der Waals surface area contributed by atoms with E-state index in [0.29, 0.717) is 11.3 Å². The average Bonchev–Trinajstić information content (AvgIpc) is 2.33. The molecule has 4 nitrogen and oxygen atoms in total. The van der Waals surface area contributed by atoms with Crippen LogP contribution in [0.1, 0.15) is 16.6 Å². The van der Waals surface area contributed by atoms with Crippen LogP contribution in [0.15, 0.2) is 6.20 Å². The maximum Gasteiger partial charge on any atom is 0.103 e. The summed E-state index contributed by atoms with van der Waals surface area (Å²) in [6.45, 7) is 0. The van der Waals surface area contributed by atoms with Gasteiger partial charge in [0.1, 0.15) is 6.07 Å². The summed E-state index contributed by atoms with van der Waals surface area (Å²) in [4.78, 5) is 0. The quantitative estimate of drug-likeness (QED) is 0.398. The number of nitrogens with one attached hydrogen (secondary N) is 1. The van der Waals surface area contributed by atoms with E-state index in [1.165, 1.54) is 6.20 Å². The first-order chi connectivity index (χ1) is 4.75. The molecule has 5 heteroatoms. The highest BCUT2D eigenvalue weighted by molar-refractivity contribution is 7.80. The third-order valence-corrected chi connectivity index (χ3v) is 1.34. The topological polar surface area (TPSA) is 78.5 Å². The van der Waals surface area contributed by atoms with Gasteiger partial charge < -0.3 is 5.73 Å². The Labute approximate surface area is 63.4 Å². The van der Waals surface area contributed by atoms with Crippen LogP contribution < -0.4 is 5.73 Å². The van der Waals surface area contributed by atoms with E-state index in [1.54, 1.807) is 0 Å². The Balaban J connectivity index is 3.05. The van der Waals surface area contributed by atoms with Crippen LogP contribution in [-0.4, -0.2) is 10.2 Å². The van der Waals surface area contributed by atoms with Gasteiger partial charge in [0.15, 0.2) is 0 Å². The number of hydrogen-bond acceptors (Lipinski definition) is 4. The zero-order valence-corrected chi connectivity index (χ0v) is 5.97. The molecule has 0 aliphatic heterocycles. The van der Waals surface area contributed by atoms with Crippen LogP contribution in [0.25, 0.3) is 0 Å². The molecule has 0 amide bonds. The number of thiol groups is 1. The van der Waals surface area contributed by atoms with E-state index in [2.05, 4.69) is 22.8 Å². The van der Waals surface area contributed by atoms with Crippen molar-refractivity contribution < 1.29 is 0 Å². The Hall–Kier alpha value is -0.990. The number of H-pyrrole nitrogens is 1. The van der Waals surface area contributed by atoms with E-state index in [9.17, 15) is 0 Å². The SMILES string of the molecule is N#Cc1cn[nH]c1C(N)S. The monoisotopic (exact) mass is 154 g/mol. The van der Waals surface area contributed by atoms with Gasteiger partial charge in [0.2, 0.25) is 0 Å².